The molecule has 4 heteroatoms. The van der Waals surface area contributed by atoms with Gasteiger partial charge in [0.05, 0.1) is 7.11 Å². The summed E-state index contributed by atoms with van der Waals surface area (Å²) in [6.45, 7) is 1.87. The molecule has 1 aromatic rings. The minimum atomic E-state index is -0.355. The van der Waals surface area contributed by atoms with Crippen molar-refractivity contribution in [3.05, 3.63) is 28.0 Å². The number of ether oxygens (including phenoxy) is 1. The minimum Gasteiger partial charge on any atom is -0.493 e. The fourth-order valence-corrected chi connectivity index (χ4v) is 1.78. The van der Waals surface area contributed by atoms with Crippen molar-refractivity contribution < 1.29 is 9.13 Å². The van der Waals surface area contributed by atoms with E-state index in [1.807, 2.05) is 6.92 Å². The van der Waals surface area contributed by atoms with Gasteiger partial charge in [0.25, 0.3) is 0 Å². The maximum absolute atomic E-state index is 13.3. The van der Waals surface area contributed by atoms with Crippen LogP contribution >= 0.6 is 15.9 Å². The monoisotopic (exact) mass is 261 g/mol. The van der Waals surface area contributed by atoms with Crippen LogP contribution < -0.4 is 10.5 Å². The maximum Gasteiger partial charge on any atom is 0.165 e. The van der Waals surface area contributed by atoms with E-state index in [1.54, 1.807) is 6.07 Å². The summed E-state index contributed by atoms with van der Waals surface area (Å²) >= 11 is 3.35. The summed E-state index contributed by atoms with van der Waals surface area (Å²) in [5, 5.41) is 0. The molecule has 0 fully saturated rings. The first kappa shape index (κ1) is 11.5. The van der Waals surface area contributed by atoms with Gasteiger partial charge in [-0.2, -0.15) is 0 Å². The van der Waals surface area contributed by atoms with Gasteiger partial charge in [-0.05, 0) is 25.5 Å². The summed E-state index contributed by atoms with van der Waals surface area (Å²) < 4.78 is 19.1. The van der Waals surface area contributed by atoms with Crippen molar-refractivity contribution in [2.75, 3.05) is 7.11 Å². The lowest BCUT2D eigenvalue weighted by atomic mass is 10.1. The van der Waals surface area contributed by atoms with Crippen molar-refractivity contribution in [3.63, 3.8) is 0 Å². The first-order valence-electron chi connectivity index (χ1n) is 4.32. The van der Waals surface area contributed by atoms with Crippen LogP contribution in [0.2, 0.25) is 0 Å². The normalized spacial score (nSPS) is 12.6. The highest BCUT2D eigenvalue weighted by Crippen LogP contribution is 2.30. The number of hydrogen-bond acceptors (Lipinski definition) is 2. The molecule has 0 saturated heterocycles. The Hall–Kier alpha value is -0.610. The van der Waals surface area contributed by atoms with Crippen LogP contribution in [0, 0.1) is 5.82 Å². The molecule has 0 amide bonds. The third kappa shape index (κ3) is 2.45. The number of nitrogens with two attached hydrogens (primary N) is 1. The highest BCUT2D eigenvalue weighted by atomic mass is 79.9. The molecular weight excluding hydrogens is 249 g/mol. The summed E-state index contributed by atoms with van der Waals surface area (Å²) in [6, 6.07) is 3.00. The van der Waals surface area contributed by atoms with Gasteiger partial charge < -0.3 is 10.5 Å². The second-order valence-electron chi connectivity index (χ2n) is 3.22. The smallest absolute Gasteiger partial charge is 0.165 e. The molecule has 1 aromatic carbocycles. The fourth-order valence-electron chi connectivity index (χ4n) is 1.31. The Morgan fingerprint density at radius 1 is 1.57 bits per heavy atom. The van der Waals surface area contributed by atoms with Crippen LogP contribution in [-0.2, 0) is 6.42 Å². The van der Waals surface area contributed by atoms with Crippen molar-refractivity contribution in [2.45, 2.75) is 19.4 Å². The van der Waals surface area contributed by atoms with E-state index in [9.17, 15) is 4.39 Å². The second kappa shape index (κ2) is 4.75. The quantitative estimate of drug-likeness (QED) is 0.908. The SMILES string of the molecule is COc1c(F)ccc(Br)c1CC(C)N. The summed E-state index contributed by atoms with van der Waals surface area (Å²) in [5.41, 5.74) is 6.45. The van der Waals surface area contributed by atoms with Crippen molar-refractivity contribution in [2.24, 2.45) is 5.73 Å². The molecule has 0 aliphatic carbocycles. The van der Waals surface area contributed by atoms with E-state index in [0.717, 1.165) is 10.0 Å². The third-order valence-corrected chi connectivity index (χ3v) is 2.63. The molecule has 0 saturated carbocycles. The van der Waals surface area contributed by atoms with Gasteiger partial charge >= 0.3 is 0 Å². The molecule has 2 nitrogen and oxygen atoms in total. The number of rotatable bonds is 3. The van der Waals surface area contributed by atoms with E-state index in [4.69, 9.17) is 10.5 Å². The number of benzene rings is 1. The molecule has 0 radical (unpaired) electrons. The first-order valence-corrected chi connectivity index (χ1v) is 5.12. The van der Waals surface area contributed by atoms with E-state index >= 15 is 0 Å². The molecule has 0 heterocycles. The van der Waals surface area contributed by atoms with Gasteiger partial charge in [-0.1, -0.05) is 15.9 Å². The topological polar surface area (TPSA) is 35.2 Å². The molecule has 0 aliphatic heterocycles. The number of methoxy groups -OCH3 is 1. The van der Waals surface area contributed by atoms with Gasteiger partial charge in [0.2, 0.25) is 0 Å². The van der Waals surface area contributed by atoms with Gasteiger partial charge in [-0.25, -0.2) is 4.39 Å². The fraction of sp³-hybridized carbons (Fsp3) is 0.400. The van der Waals surface area contributed by atoms with Crippen LogP contribution in [0.3, 0.4) is 0 Å². The van der Waals surface area contributed by atoms with E-state index in [-0.39, 0.29) is 17.6 Å². The van der Waals surface area contributed by atoms with Crippen molar-refractivity contribution in [1.82, 2.24) is 0 Å². The molecule has 14 heavy (non-hydrogen) atoms. The zero-order chi connectivity index (χ0) is 10.7. The lowest BCUT2D eigenvalue weighted by molar-refractivity contribution is 0.380. The Labute approximate surface area is 91.4 Å². The van der Waals surface area contributed by atoms with Gasteiger partial charge in [0.15, 0.2) is 11.6 Å². The maximum atomic E-state index is 13.3. The van der Waals surface area contributed by atoms with Gasteiger partial charge in [0, 0.05) is 16.1 Å². The van der Waals surface area contributed by atoms with E-state index in [0.29, 0.717) is 6.42 Å². The summed E-state index contributed by atoms with van der Waals surface area (Å²) in [6.07, 6.45) is 0.585. The molecule has 1 unspecified atom stereocenters. The van der Waals surface area contributed by atoms with Crippen LogP contribution in [0.4, 0.5) is 4.39 Å². The van der Waals surface area contributed by atoms with E-state index < -0.39 is 0 Å². The number of halogens is 2. The average molecular weight is 262 g/mol. The Bertz CT molecular complexity index is 328. The standard InChI is InChI=1S/C10H13BrFNO/c1-6(13)5-7-8(11)3-4-9(12)10(7)14-2/h3-4,6H,5,13H2,1-2H3. The molecule has 0 aliphatic rings. The lowest BCUT2D eigenvalue weighted by Gasteiger charge is -2.13. The Morgan fingerprint density at radius 3 is 2.71 bits per heavy atom. The van der Waals surface area contributed by atoms with Crippen LogP contribution in [0.15, 0.2) is 16.6 Å². The van der Waals surface area contributed by atoms with Crippen molar-refractivity contribution in [3.8, 4) is 5.75 Å². The molecular formula is C10H13BrFNO. The van der Waals surface area contributed by atoms with Crippen LogP contribution in [0.1, 0.15) is 12.5 Å². The van der Waals surface area contributed by atoms with E-state index in [1.165, 1.54) is 13.2 Å². The summed E-state index contributed by atoms with van der Waals surface area (Å²) in [4.78, 5) is 0. The predicted octanol–water partition coefficient (Wildman–Crippen LogP) is 2.49. The first-order chi connectivity index (χ1) is 6.56. The minimum absolute atomic E-state index is 0.0259. The molecule has 0 bridgehead atoms. The summed E-state index contributed by atoms with van der Waals surface area (Å²) in [5.74, 6) is -0.0805. The van der Waals surface area contributed by atoms with Crippen molar-refractivity contribution >= 4 is 15.9 Å². The largest absolute Gasteiger partial charge is 0.493 e. The van der Waals surface area contributed by atoms with Crippen LogP contribution in [-0.4, -0.2) is 13.2 Å². The molecule has 1 atom stereocenters. The Morgan fingerprint density at radius 2 is 2.21 bits per heavy atom. The van der Waals surface area contributed by atoms with Gasteiger partial charge in [-0.3, -0.25) is 0 Å². The Balaban J connectivity index is 3.16. The zero-order valence-corrected chi connectivity index (χ0v) is 9.77. The highest BCUT2D eigenvalue weighted by molar-refractivity contribution is 9.10. The molecule has 2 N–H and O–H groups in total. The highest BCUT2D eigenvalue weighted by Gasteiger charge is 2.13. The summed E-state index contributed by atoms with van der Waals surface area (Å²) in [7, 11) is 1.45. The van der Waals surface area contributed by atoms with Crippen LogP contribution in [0.5, 0.6) is 5.75 Å². The zero-order valence-electron chi connectivity index (χ0n) is 8.18. The number of hydrogen-bond donors (Lipinski definition) is 1. The van der Waals surface area contributed by atoms with Gasteiger partial charge in [-0.15, -0.1) is 0 Å². The predicted molar refractivity (Wildman–Crippen MR) is 58.0 cm³/mol. The molecule has 0 spiro atoms. The second-order valence-corrected chi connectivity index (χ2v) is 4.08. The Kier molecular flexibility index (Phi) is 3.89. The molecule has 0 aromatic heterocycles. The van der Waals surface area contributed by atoms with E-state index in [2.05, 4.69) is 15.9 Å². The lowest BCUT2D eigenvalue weighted by Crippen LogP contribution is -2.18. The van der Waals surface area contributed by atoms with Gasteiger partial charge in [0.1, 0.15) is 0 Å². The van der Waals surface area contributed by atoms with Crippen molar-refractivity contribution in [1.29, 1.82) is 0 Å². The average Bonchev–Trinajstić information content (AvgIpc) is 2.11. The third-order valence-electron chi connectivity index (χ3n) is 1.89. The molecule has 78 valence electrons. The van der Waals surface area contributed by atoms with Crippen LogP contribution in [0.25, 0.3) is 0 Å². The molecule has 1 rings (SSSR count).